The summed E-state index contributed by atoms with van der Waals surface area (Å²) in [6.07, 6.45) is 0.310. The molecule has 2 rings (SSSR count). The number of piperidine rings is 1. The minimum atomic E-state index is -1.16. The molecule has 2 amide bonds. The Kier molecular flexibility index (Phi) is 3.97. The Hall–Kier alpha value is -2.37. The zero-order valence-electron chi connectivity index (χ0n) is 11.3. The van der Waals surface area contributed by atoms with Crippen LogP contribution >= 0.6 is 11.6 Å². The van der Waals surface area contributed by atoms with Gasteiger partial charge in [0.2, 0.25) is 11.8 Å². The van der Waals surface area contributed by atoms with Gasteiger partial charge in [0.1, 0.15) is 11.8 Å². The van der Waals surface area contributed by atoms with Gasteiger partial charge in [-0.1, -0.05) is 30.7 Å². The third-order valence-electron chi connectivity index (χ3n) is 4.03. The van der Waals surface area contributed by atoms with Crippen LogP contribution in [0.3, 0.4) is 0 Å². The SMILES string of the molecule is CCC1(c2ccc(Cl)cc2)[C@H](C#N)C(=O)NC(=O)[C@@H]1C#N. The maximum atomic E-state index is 12.0. The molecule has 106 valence electrons. The first-order valence-corrected chi connectivity index (χ1v) is 6.79. The topological polar surface area (TPSA) is 93.8 Å². The molecule has 1 fully saturated rings. The predicted molar refractivity (Wildman–Crippen MR) is 74.8 cm³/mol. The van der Waals surface area contributed by atoms with E-state index >= 15 is 0 Å². The summed E-state index contributed by atoms with van der Waals surface area (Å²) in [4.78, 5) is 24.0. The van der Waals surface area contributed by atoms with E-state index in [1.54, 1.807) is 31.2 Å². The molecule has 21 heavy (non-hydrogen) atoms. The zero-order chi connectivity index (χ0) is 15.6. The van der Waals surface area contributed by atoms with E-state index < -0.39 is 29.1 Å². The lowest BCUT2D eigenvalue weighted by Crippen LogP contribution is -2.59. The van der Waals surface area contributed by atoms with Crippen molar-refractivity contribution in [3.8, 4) is 12.1 Å². The van der Waals surface area contributed by atoms with Crippen molar-refractivity contribution in [2.24, 2.45) is 11.8 Å². The fraction of sp³-hybridized carbons (Fsp3) is 0.333. The first kappa shape index (κ1) is 15.0. The van der Waals surface area contributed by atoms with E-state index in [9.17, 15) is 20.1 Å². The van der Waals surface area contributed by atoms with Crippen molar-refractivity contribution in [3.63, 3.8) is 0 Å². The van der Waals surface area contributed by atoms with Crippen molar-refractivity contribution in [1.82, 2.24) is 5.32 Å². The summed E-state index contributed by atoms with van der Waals surface area (Å²) in [5, 5.41) is 21.4. The molecule has 3 atom stereocenters. The number of nitrogens with one attached hydrogen (secondary N) is 1. The van der Waals surface area contributed by atoms with Gasteiger partial charge in [-0.2, -0.15) is 10.5 Å². The standard InChI is InChI=1S/C15H12ClN3O2/c1-2-15(9-3-5-10(16)6-4-9)11(7-17)13(20)19-14(21)12(15)8-18/h3-6,11-12H,2H2,1H3,(H,19,20,21)/t11-,12+,15?. The van der Waals surface area contributed by atoms with Crippen LogP contribution in [0.25, 0.3) is 0 Å². The van der Waals surface area contributed by atoms with Gasteiger partial charge in [-0.25, -0.2) is 0 Å². The number of nitrogens with zero attached hydrogens (tertiary/aromatic N) is 2. The summed E-state index contributed by atoms with van der Waals surface area (Å²) in [6.45, 7) is 1.76. The smallest absolute Gasteiger partial charge is 0.244 e. The number of amides is 2. The first-order chi connectivity index (χ1) is 10.0. The summed E-state index contributed by atoms with van der Waals surface area (Å²) < 4.78 is 0. The lowest BCUT2D eigenvalue weighted by molar-refractivity contribution is -0.141. The number of hydrogen-bond donors (Lipinski definition) is 1. The molecule has 0 spiro atoms. The van der Waals surface area contributed by atoms with Crippen LogP contribution in [-0.4, -0.2) is 11.8 Å². The fourth-order valence-electron chi connectivity index (χ4n) is 2.95. The number of rotatable bonds is 2. The molecule has 1 aliphatic heterocycles. The summed E-state index contributed by atoms with van der Waals surface area (Å²) in [6, 6.07) is 10.4. The Bertz CT molecular complexity index is 638. The highest BCUT2D eigenvalue weighted by atomic mass is 35.5. The number of benzene rings is 1. The Balaban J connectivity index is 2.72. The molecule has 1 unspecified atom stereocenters. The number of halogens is 1. The summed E-state index contributed by atoms with van der Waals surface area (Å²) >= 11 is 5.86. The van der Waals surface area contributed by atoms with Gasteiger partial charge in [0.05, 0.1) is 12.1 Å². The number of carbonyl (C=O) groups excluding carboxylic acids is 2. The molecule has 1 heterocycles. The Morgan fingerprint density at radius 1 is 1.14 bits per heavy atom. The van der Waals surface area contributed by atoms with E-state index in [1.165, 1.54) is 0 Å². The Morgan fingerprint density at radius 3 is 2.00 bits per heavy atom. The van der Waals surface area contributed by atoms with Gasteiger partial charge in [-0.05, 0) is 24.1 Å². The number of nitriles is 2. The van der Waals surface area contributed by atoms with Crippen LogP contribution in [0.15, 0.2) is 24.3 Å². The molecule has 1 aliphatic rings. The molecule has 1 aromatic rings. The molecule has 0 aromatic heterocycles. The Morgan fingerprint density at radius 2 is 1.62 bits per heavy atom. The predicted octanol–water partition coefficient (Wildman–Crippen LogP) is 1.92. The van der Waals surface area contributed by atoms with Gasteiger partial charge < -0.3 is 0 Å². The molecule has 0 bridgehead atoms. The van der Waals surface area contributed by atoms with Crippen LogP contribution in [0.5, 0.6) is 0 Å². The van der Waals surface area contributed by atoms with Crippen molar-refractivity contribution in [3.05, 3.63) is 34.9 Å². The van der Waals surface area contributed by atoms with Crippen LogP contribution in [0.2, 0.25) is 5.02 Å². The molecule has 0 radical (unpaired) electrons. The quantitative estimate of drug-likeness (QED) is 0.844. The lowest BCUT2D eigenvalue weighted by atomic mass is 9.59. The van der Waals surface area contributed by atoms with Crippen molar-refractivity contribution in [2.45, 2.75) is 18.8 Å². The van der Waals surface area contributed by atoms with E-state index in [1.807, 2.05) is 12.1 Å². The van der Waals surface area contributed by atoms with Gasteiger partial charge in [-0.3, -0.25) is 14.9 Å². The van der Waals surface area contributed by atoms with Gasteiger partial charge >= 0.3 is 0 Å². The number of carbonyl (C=O) groups is 2. The normalized spacial score (nSPS) is 28.4. The van der Waals surface area contributed by atoms with Gasteiger partial charge in [0.15, 0.2) is 0 Å². The molecule has 1 aromatic carbocycles. The number of imide groups is 1. The second-order valence-corrected chi connectivity index (χ2v) is 5.31. The van der Waals surface area contributed by atoms with Crippen molar-refractivity contribution in [1.29, 1.82) is 10.5 Å². The summed E-state index contributed by atoms with van der Waals surface area (Å²) in [5.74, 6) is -3.53. The average Bonchev–Trinajstić information content (AvgIpc) is 2.47. The molecule has 6 heteroatoms. The maximum Gasteiger partial charge on any atom is 0.244 e. The third-order valence-corrected chi connectivity index (χ3v) is 4.28. The molecule has 1 saturated heterocycles. The second-order valence-electron chi connectivity index (χ2n) is 4.88. The molecular weight excluding hydrogens is 290 g/mol. The maximum absolute atomic E-state index is 12.0. The molecule has 5 nitrogen and oxygen atoms in total. The van der Waals surface area contributed by atoms with E-state index in [0.717, 1.165) is 0 Å². The monoisotopic (exact) mass is 301 g/mol. The first-order valence-electron chi connectivity index (χ1n) is 6.41. The molecule has 1 N–H and O–H groups in total. The fourth-order valence-corrected chi connectivity index (χ4v) is 3.08. The average molecular weight is 302 g/mol. The lowest BCUT2D eigenvalue weighted by Gasteiger charge is -2.42. The minimum absolute atomic E-state index is 0.310. The van der Waals surface area contributed by atoms with E-state index in [0.29, 0.717) is 17.0 Å². The van der Waals surface area contributed by atoms with Crippen molar-refractivity contribution < 1.29 is 9.59 Å². The minimum Gasteiger partial charge on any atom is -0.294 e. The summed E-state index contributed by atoms with van der Waals surface area (Å²) in [7, 11) is 0. The van der Waals surface area contributed by atoms with Gasteiger partial charge in [0, 0.05) is 10.4 Å². The van der Waals surface area contributed by atoms with Crippen molar-refractivity contribution >= 4 is 23.4 Å². The zero-order valence-corrected chi connectivity index (χ0v) is 12.0. The van der Waals surface area contributed by atoms with Gasteiger partial charge in [0.25, 0.3) is 0 Å². The third kappa shape index (κ3) is 2.16. The van der Waals surface area contributed by atoms with Crippen molar-refractivity contribution in [2.75, 3.05) is 0 Å². The van der Waals surface area contributed by atoms with E-state index in [4.69, 9.17) is 11.6 Å². The Labute approximate surface area is 127 Å². The van der Waals surface area contributed by atoms with Crippen LogP contribution in [-0.2, 0) is 15.0 Å². The van der Waals surface area contributed by atoms with E-state index in [2.05, 4.69) is 5.32 Å². The largest absolute Gasteiger partial charge is 0.294 e. The highest BCUT2D eigenvalue weighted by molar-refractivity contribution is 6.30. The number of hydrogen-bond acceptors (Lipinski definition) is 4. The second kappa shape index (κ2) is 5.55. The van der Waals surface area contributed by atoms with Crippen LogP contribution < -0.4 is 5.32 Å². The van der Waals surface area contributed by atoms with E-state index in [-0.39, 0.29) is 0 Å². The highest BCUT2D eigenvalue weighted by Gasteiger charge is 2.56. The van der Waals surface area contributed by atoms with Crippen LogP contribution in [0, 0.1) is 34.5 Å². The van der Waals surface area contributed by atoms with Crippen LogP contribution in [0.4, 0.5) is 0 Å². The highest BCUT2D eigenvalue weighted by Crippen LogP contribution is 2.45. The molecule has 0 aliphatic carbocycles. The molecule has 0 saturated carbocycles. The van der Waals surface area contributed by atoms with Crippen LogP contribution in [0.1, 0.15) is 18.9 Å². The van der Waals surface area contributed by atoms with Gasteiger partial charge in [-0.15, -0.1) is 0 Å². The molecular formula is C15H12ClN3O2. The summed E-state index contributed by atoms with van der Waals surface area (Å²) in [5.41, 5.74) is -0.566.